The Labute approximate surface area is 105 Å². The van der Waals surface area contributed by atoms with Gasteiger partial charge in [-0.15, -0.1) is 24.0 Å². The minimum atomic E-state index is 0. The van der Waals surface area contributed by atoms with Crippen molar-refractivity contribution in [3.63, 3.8) is 0 Å². The van der Waals surface area contributed by atoms with Crippen molar-refractivity contribution >= 4 is 100 Å². The maximum atomic E-state index is 2.39. The van der Waals surface area contributed by atoms with Crippen molar-refractivity contribution in [2.45, 2.75) is 7.43 Å². The van der Waals surface area contributed by atoms with Crippen LogP contribution in [-0.2, 0) is 0 Å². The zero-order valence-corrected chi connectivity index (χ0v) is 14.2. The first-order valence-corrected chi connectivity index (χ1v) is 10.8. The standard InChI is InChI=1S/CH4.I2.H2IP.HI.H3P/c;2*1-2;;/h1H4;;2H2;1H;1H3. The second-order valence-corrected chi connectivity index (χ2v) is 0. The van der Waals surface area contributed by atoms with E-state index in [1.807, 2.05) is 0 Å². The predicted octanol–water partition coefficient (Wildman–Crippen LogP) is 4.30. The lowest BCUT2D eigenvalue weighted by Crippen LogP contribution is -0.127. The van der Waals surface area contributed by atoms with Gasteiger partial charge in [-0.25, -0.2) is 0 Å². The van der Waals surface area contributed by atoms with Crippen molar-refractivity contribution in [2.24, 2.45) is 0 Å². The molecule has 0 aromatic heterocycles. The molecule has 0 nitrogen and oxygen atoms in total. The number of hydrogen-bond donors (Lipinski definition) is 0. The van der Waals surface area contributed by atoms with Crippen molar-refractivity contribution in [1.82, 2.24) is 0 Å². The topological polar surface area (TPSA) is 0 Å². The monoisotopic (exact) mass is 592 g/mol. The van der Waals surface area contributed by atoms with Gasteiger partial charge in [0.05, 0.1) is 0 Å². The third kappa shape index (κ3) is 41.4. The van der Waals surface area contributed by atoms with Crippen molar-refractivity contribution in [1.29, 1.82) is 0 Å². The van der Waals surface area contributed by atoms with Crippen molar-refractivity contribution in [3.8, 4) is 0 Å². The Morgan fingerprint density at radius 3 is 1.00 bits per heavy atom. The summed E-state index contributed by atoms with van der Waals surface area (Å²) in [6, 6.07) is 0. The maximum Gasteiger partial charge on any atom is 0 e. The molecule has 0 aliphatic carbocycles. The highest BCUT2D eigenvalue weighted by molar-refractivity contribution is 15.0. The molecule has 0 aromatic rings. The summed E-state index contributed by atoms with van der Waals surface area (Å²) < 4.78 is 0. The van der Waals surface area contributed by atoms with Crippen LogP contribution in [0.25, 0.3) is 0 Å². The molecule has 52 valence electrons. The van der Waals surface area contributed by atoms with Gasteiger partial charge in [-0.3, -0.25) is 0 Å². The van der Waals surface area contributed by atoms with E-state index in [0.717, 1.165) is 0 Å². The molecule has 0 spiro atoms. The molecule has 0 aromatic carbocycles. The SMILES string of the molecule is C.I.II.P.PI. The van der Waals surface area contributed by atoms with E-state index in [-0.39, 0.29) is 41.3 Å². The molecule has 0 saturated heterocycles. The normalized spacial score (nSPS) is 1.71. The smallest absolute Gasteiger partial charge is 0 e. The fraction of sp³-hybridized carbons (Fsp3) is 1.00. The van der Waals surface area contributed by atoms with Gasteiger partial charge in [-0.05, 0) is 0 Å². The summed E-state index contributed by atoms with van der Waals surface area (Å²) in [4.78, 5) is 0. The van der Waals surface area contributed by atoms with Gasteiger partial charge in [-0.2, -0.15) is 9.90 Å². The van der Waals surface area contributed by atoms with E-state index in [2.05, 4.69) is 66.2 Å². The van der Waals surface area contributed by atoms with Crippen LogP contribution in [-0.4, -0.2) is 0 Å². The van der Waals surface area contributed by atoms with Crippen LogP contribution < -0.4 is 0 Å². The van der Waals surface area contributed by atoms with Gasteiger partial charge in [0.15, 0.2) is 0 Å². The molecule has 0 rings (SSSR count). The van der Waals surface area contributed by atoms with E-state index in [4.69, 9.17) is 0 Å². The van der Waals surface area contributed by atoms with Gasteiger partial charge in [0.25, 0.3) is 0 Å². The Morgan fingerprint density at radius 1 is 1.00 bits per heavy atom. The molecule has 0 heterocycles. The fourth-order valence-corrected chi connectivity index (χ4v) is 0. The van der Waals surface area contributed by atoms with Gasteiger partial charge in [0, 0.05) is 37.2 Å². The second kappa shape index (κ2) is 52.8. The zero-order chi connectivity index (χ0) is 4.00. The quantitative estimate of drug-likeness (QED) is 0.291. The third-order valence-electron chi connectivity index (χ3n) is 0. The van der Waals surface area contributed by atoms with Gasteiger partial charge in [0.1, 0.15) is 0 Å². The van der Waals surface area contributed by atoms with Crippen molar-refractivity contribution in [3.05, 3.63) is 0 Å². The zero-order valence-electron chi connectivity index (χ0n) is 2.83. The van der Waals surface area contributed by atoms with E-state index < -0.39 is 0 Å². The molecule has 7 heavy (non-hydrogen) atoms. The van der Waals surface area contributed by atoms with E-state index in [1.165, 1.54) is 0 Å². The molecule has 2 unspecified atom stereocenters. The first kappa shape index (κ1) is 30.9. The van der Waals surface area contributed by atoms with E-state index in [0.29, 0.717) is 0 Å². The highest BCUT2D eigenvalue weighted by Crippen LogP contribution is 1.89. The molecule has 2 atom stereocenters. The minimum absolute atomic E-state index is 0. The van der Waals surface area contributed by atoms with Crippen LogP contribution in [0.1, 0.15) is 7.43 Å². The van der Waals surface area contributed by atoms with Gasteiger partial charge < -0.3 is 0 Å². The summed E-state index contributed by atoms with van der Waals surface area (Å²) in [5.41, 5.74) is 0. The first-order valence-electron chi connectivity index (χ1n) is 0.361. The molecule has 0 radical (unpaired) electrons. The molecule has 0 bridgehead atoms. The molecule has 0 saturated carbocycles. The summed E-state index contributed by atoms with van der Waals surface area (Å²) in [5.74, 6) is 0. The van der Waals surface area contributed by atoms with Crippen LogP contribution in [0.3, 0.4) is 0 Å². The number of rotatable bonds is 0. The molecular formula is CH10I4P2. The summed E-state index contributed by atoms with van der Waals surface area (Å²) in [7, 11) is 0. The minimum Gasteiger partial charge on any atom is -0.153 e. The fourth-order valence-electron chi connectivity index (χ4n) is 0. The number of halogens is 4. The van der Waals surface area contributed by atoms with Crippen LogP contribution in [0.2, 0.25) is 0 Å². The van der Waals surface area contributed by atoms with Crippen LogP contribution in [0.4, 0.5) is 0 Å². The Balaban J connectivity index is -0.00000000267. The molecular weight excluding hydrogens is 582 g/mol. The average Bonchev–Trinajstić information content (AvgIpc) is 1.50. The lowest BCUT2D eigenvalue weighted by molar-refractivity contribution is 2.50. The lowest BCUT2D eigenvalue weighted by Gasteiger charge is -1.07. The first-order chi connectivity index (χ1) is 2.00. The summed E-state index contributed by atoms with van der Waals surface area (Å²) in [6.45, 7) is 2.39. The lowest BCUT2D eigenvalue weighted by atomic mass is 12.0. The largest absolute Gasteiger partial charge is 0.153 e. The van der Waals surface area contributed by atoms with Crippen LogP contribution in [0.15, 0.2) is 0 Å². The molecule has 0 fully saturated rings. The average molecular weight is 592 g/mol. The highest BCUT2D eigenvalue weighted by atomic mass is 128. The summed E-state index contributed by atoms with van der Waals surface area (Å²) in [5, 5.41) is 0. The number of hydrogen-bond acceptors (Lipinski definition) is 0. The van der Waals surface area contributed by atoms with E-state index in [1.54, 1.807) is 0 Å². The van der Waals surface area contributed by atoms with E-state index in [9.17, 15) is 0 Å². The van der Waals surface area contributed by atoms with Gasteiger partial charge in [0.2, 0.25) is 0 Å². The molecule has 0 N–H and O–H groups in total. The summed E-state index contributed by atoms with van der Waals surface area (Å²) >= 11 is 6.31. The van der Waals surface area contributed by atoms with Crippen molar-refractivity contribution < 1.29 is 0 Å². The molecule has 6 heteroatoms. The highest BCUT2D eigenvalue weighted by Gasteiger charge is 1.00. The van der Waals surface area contributed by atoms with Crippen molar-refractivity contribution in [2.75, 3.05) is 0 Å². The Hall–Kier alpha value is 3.78. The Bertz CT molecular complexity index is 9.65. The molecule has 0 aliphatic rings. The third-order valence-corrected chi connectivity index (χ3v) is 0. The van der Waals surface area contributed by atoms with Gasteiger partial charge >= 0.3 is 0 Å². The Morgan fingerprint density at radius 2 is 1.00 bits per heavy atom. The van der Waals surface area contributed by atoms with Crippen LogP contribution >= 0.6 is 100 Å². The second-order valence-electron chi connectivity index (χ2n) is 0. The van der Waals surface area contributed by atoms with Gasteiger partial charge in [-0.1, -0.05) is 36.3 Å². The maximum absolute atomic E-state index is 2.39. The molecule has 0 amide bonds. The predicted molar refractivity (Wildman–Crippen MR) is 85.0 cm³/mol. The summed E-state index contributed by atoms with van der Waals surface area (Å²) in [6.07, 6.45) is 0. The Kier molecular flexibility index (Phi) is 233. The molecule has 0 aliphatic heterocycles. The van der Waals surface area contributed by atoms with Crippen LogP contribution in [0, 0.1) is 0 Å². The van der Waals surface area contributed by atoms with Crippen LogP contribution in [0.5, 0.6) is 0 Å². The van der Waals surface area contributed by atoms with E-state index >= 15 is 0 Å².